The summed E-state index contributed by atoms with van der Waals surface area (Å²) in [5.41, 5.74) is 0. The molecule has 87 heavy (non-hydrogen) atoms. The number of hydrogen-bond acceptors (Lipinski definition) is 8. The highest BCUT2D eigenvalue weighted by atomic mass is 31.2. The molecule has 9 nitrogen and oxygen atoms in total. The van der Waals surface area contributed by atoms with Crippen molar-refractivity contribution in [3.8, 4) is 0 Å². The highest BCUT2D eigenvalue weighted by molar-refractivity contribution is 7.45. The second-order valence-corrected chi connectivity index (χ2v) is 29.9. The molecule has 0 fully saturated rings. The van der Waals surface area contributed by atoms with E-state index in [0.29, 0.717) is 17.4 Å². The van der Waals surface area contributed by atoms with Crippen molar-refractivity contribution in [2.45, 2.75) is 437 Å². The summed E-state index contributed by atoms with van der Waals surface area (Å²) in [4.78, 5) is 38.1. The normalized spacial score (nSPS) is 12.9. The predicted octanol–water partition coefficient (Wildman–Crippen LogP) is 25.0. The fourth-order valence-corrected chi connectivity index (χ4v) is 13.1. The first-order valence-corrected chi connectivity index (χ1v) is 40.7. The van der Waals surface area contributed by atoms with Crippen molar-refractivity contribution in [2.24, 2.45) is 0 Å². The van der Waals surface area contributed by atoms with E-state index in [4.69, 9.17) is 18.5 Å². The number of likely N-dealkylation sites (N-methyl/N-ethyl adjacent to an activating group) is 1. The molecule has 2 atom stereocenters. The number of esters is 2. The topological polar surface area (TPSA) is 111 Å². The molecule has 520 valence electrons. The zero-order chi connectivity index (χ0) is 63.4. The summed E-state index contributed by atoms with van der Waals surface area (Å²) in [6, 6.07) is 0. The lowest BCUT2D eigenvalue weighted by Crippen LogP contribution is -2.37. The minimum Gasteiger partial charge on any atom is -0.756 e. The van der Waals surface area contributed by atoms with Gasteiger partial charge in [-0.2, -0.15) is 0 Å². The van der Waals surface area contributed by atoms with E-state index in [9.17, 15) is 19.0 Å². The van der Waals surface area contributed by atoms with Gasteiger partial charge >= 0.3 is 11.9 Å². The Labute approximate surface area is 544 Å². The van der Waals surface area contributed by atoms with Gasteiger partial charge in [0.15, 0.2) is 6.10 Å². The summed E-state index contributed by atoms with van der Waals surface area (Å²) in [5.74, 6) is -0.801. The Bertz CT molecular complexity index is 1420. The second kappa shape index (κ2) is 69.4. The van der Waals surface area contributed by atoms with Gasteiger partial charge in [0.2, 0.25) is 0 Å². The van der Waals surface area contributed by atoms with E-state index in [-0.39, 0.29) is 32.0 Å². The average Bonchev–Trinajstić information content (AvgIpc) is 3.67. The van der Waals surface area contributed by atoms with E-state index in [0.717, 1.165) is 32.1 Å². The number of phosphoric ester groups is 1. The summed E-state index contributed by atoms with van der Waals surface area (Å²) in [5, 5.41) is 0. The molecule has 0 spiro atoms. The maximum atomic E-state index is 12.9. The number of unbranched alkanes of at least 4 members (excludes halogenated alkanes) is 61. The molecule has 0 N–H and O–H groups in total. The fraction of sp³-hybridized carbons (Fsp3) is 0.974. The highest BCUT2D eigenvalue weighted by Gasteiger charge is 2.22. The molecule has 0 aromatic rings. The maximum Gasteiger partial charge on any atom is 0.306 e. The van der Waals surface area contributed by atoms with Crippen molar-refractivity contribution in [2.75, 3.05) is 47.5 Å². The van der Waals surface area contributed by atoms with Crippen molar-refractivity contribution in [3.63, 3.8) is 0 Å². The largest absolute Gasteiger partial charge is 0.756 e. The van der Waals surface area contributed by atoms with Crippen LogP contribution in [0.1, 0.15) is 431 Å². The molecule has 0 amide bonds. The Hall–Kier alpha value is -0.990. The number of quaternary nitrogens is 1. The van der Waals surface area contributed by atoms with E-state index < -0.39 is 26.5 Å². The number of hydrogen-bond donors (Lipinski definition) is 0. The lowest BCUT2D eigenvalue weighted by atomic mass is 10.0. The van der Waals surface area contributed by atoms with Gasteiger partial charge in [0.05, 0.1) is 27.7 Å². The van der Waals surface area contributed by atoms with Crippen LogP contribution in [0.15, 0.2) is 0 Å². The standard InChI is InChI=1S/C77H154NO8P/c1-6-8-10-12-14-16-18-20-22-24-26-28-30-32-34-36-37-38-39-40-41-42-44-46-48-50-52-54-56-58-60-62-64-66-68-70-77(80)86-75(74-85-87(81,82)84-72-71-78(3,4)5)73-83-76(79)69-67-65-63-61-59-57-55-53-51-49-47-45-43-35-33-31-29-27-25-23-21-19-17-15-13-11-9-7-2/h75H,6-74H2,1-5H3. The van der Waals surface area contributed by atoms with E-state index >= 15 is 0 Å². The number of rotatable bonds is 75. The predicted molar refractivity (Wildman–Crippen MR) is 375 cm³/mol. The summed E-state index contributed by atoms with van der Waals surface area (Å²) in [6.45, 7) is 4.35. The molecule has 0 saturated carbocycles. The summed E-state index contributed by atoms with van der Waals surface area (Å²) in [6.07, 6.45) is 85.2. The van der Waals surface area contributed by atoms with Crippen LogP contribution in [0.4, 0.5) is 0 Å². The Morgan fingerprint density at radius 1 is 0.310 bits per heavy atom. The van der Waals surface area contributed by atoms with Gasteiger partial charge in [0.25, 0.3) is 7.82 Å². The van der Waals surface area contributed by atoms with Crippen molar-refractivity contribution < 1.29 is 42.1 Å². The van der Waals surface area contributed by atoms with Crippen LogP contribution in [-0.2, 0) is 32.7 Å². The van der Waals surface area contributed by atoms with Crippen LogP contribution in [0.2, 0.25) is 0 Å². The van der Waals surface area contributed by atoms with E-state index in [1.54, 1.807) is 0 Å². The Morgan fingerprint density at radius 2 is 0.517 bits per heavy atom. The number of nitrogens with zero attached hydrogens (tertiary/aromatic N) is 1. The molecule has 0 heterocycles. The minimum atomic E-state index is -4.64. The van der Waals surface area contributed by atoms with Gasteiger partial charge in [-0.15, -0.1) is 0 Å². The van der Waals surface area contributed by atoms with Crippen molar-refractivity contribution in [1.29, 1.82) is 0 Å². The first-order chi connectivity index (χ1) is 42.5. The molecule has 0 rings (SSSR count). The molecule has 0 bridgehead atoms. The number of ether oxygens (including phenoxy) is 2. The Morgan fingerprint density at radius 3 is 0.736 bits per heavy atom. The molecular formula is C77H154NO8P. The van der Waals surface area contributed by atoms with E-state index in [2.05, 4.69) is 13.8 Å². The zero-order valence-corrected chi connectivity index (χ0v) is 60.4. The number of phosphoric acid groups is 1. The lowest BCUT2D eigenvalue weighted by Gasteiger charge is -2.28. The number of carbonyl (C=O) groups is 2. The number of carbonyl (C=O) groups excluding carboxylic acids is 2. The fourth-order valence-electron chi connectivity index (χ4n) is 12.4. The summed E-state index contributed by atoms with van der Waals surface area (Å²) in [7, 11) is 1.20. The van der Waals surface area contributed by atoms with Gasteiger partial charge in [-0.3, -0.25) is 14.2 Å². The van der Waals surface area contributed by atoms with Crippen LogP contribution in [0.5, 0.6) is 0 Å². The smallest absolute Gasteiger partial charge is 0.306 e. The van der Waals surface area contributed by atoms with Crippen LogP contribution in [0, 0.1) is 0 Å². The van der Waals surface area contributed by atoms with Gasteiger partial charge in [0.1, 0.15) is 19.8 Å². The maximum absolute atomic E-state index is 12.9. The van der Waals surface area contributed by atoms with Gasteiger partial charge in [-0.1, -0.05) is 406 Å². The highest BCUT2D eigenvalue weighted by Crippen LogP contribution is 2.38. The molecule has 0 aromatic carbocycles. The lowest BCUT2D eigenvalue weighted by molar-refractivity contribution is -0.870. The van der Waals surface area contributed by atoms with Crippen molar-refractivity contribution in [1.82, 2.24) is 0 Å². The molecule has 0 saturated heterocycles. The first-order valence-electron chi connectivity index (χ1n) is 39.2. The van der Waals surface area contributed by atoms with Crippen LogP contribution >= 0.6 is 7.82 Å². The Kier molecular flexibility index (Phi) is 68.6. The molecule has 0 aliphatic carbocycles. The second-order valence-electron chi connectivity index (χ2n) is 28.5. The van der Waals surface area contributed by atoms with Gasteiger partial charge in [-0.05, 0) is 12.8 Å². The molecule has 0 radical (unpaired) electrons. The first kappa shape index (κ1) is 86.0. The molecular weight excluding hydrogens is 1100 g/mol. The third-order valence-corrected chi connectivity index (χ3v) is 19.3. The summed E-state index contributed by atoms with van der Waals surface area (Å²) < 4.78 is 34.4. The third kappa shape index (κ3) is 73.9. The third-order valence-electron chi connectivity index (χ3n) is 18.4. The minimum absolute atomic E-state index is 0.0247. The average molecular weight is 1250 g/mol. The molecule has 10 heteroatoms. The van der Waals surface area contributed by atoms with E-state index in [1.807, 2.05) is 21.1 Å². The van der Waals surface area contributed by atoms with Crippen LogP contribution in [0.3, 0.4) is 0 Å². The van der Waals surface area contributed by atoms with Crippen molar-refractivity contribution in [3.05, 3.63) is 0 Å². The summed E-state index contributed by atoms with van der Waals surface area (Å²) >= 11 is 0. The Balaban J connectivity index is 3.89. The van der Waals surface area contributed by atoms with E-state index in [1.165, 1.54) is 366 Å². The van der Waals surface area contributed by atoms with Crippen molar-refractivity contribution >= 4 is 19.8 Å². The van der Waals surface area contributed by atoms with Crippen LogP contribution in [-0.4, -0.2) is 70.0 Å². The molecule has 0 aliphatic heterocycles. The molecule has 2 unspecified atom stereocenters. The SMILES string of the molecule is CCCCCCCCCCCCCCCCCCCCCCCCCCCCCCCCCCCCCC(=O)OC(COC(=O)CCCCCCCCCCCCCCCCCCCCCCCCCCCCCC)COP(=O)([O-])OCC[N+](C)(C)C. The van der Waals surface area contributed by atoms with Crippen LogP contribution in [0.25, 0.3) is 0 Å². The van der Waals surface area contributed by atoms with Gasteiger partial charge in [-0.25, -0.2) is 0 Å². The molecule has 0 aromatic heterocycles. The zero-order valence-electron chi connectivity index (χ0n) is 59.5. The quantitative estimate of drug-likeness (QED) is 0.0256. The monoisotopic (exact) mass is 1250 g/mol. The van der Waals surface area contributed by atoms with Gasteiger partial charge < -0.3 is 27.9 Å². The van der Waals surface area contributed by atoms with Crippen LogP contribution < -0.4 is 4.89 Å². The molecule has 0 aliphatic rings. The van der Waals surface area contributed by atoms with Gasteiger partial charge in [0, 0.05) is 12.8 Å².